The van der Waals surface area contributed by atoms with Gasteiger partial charge in [-0.15, -0.1) is 11.3 Å². The van der Waals surface area contributed by atoms with Crippen LogP contribution in [0, 0.1) is 5.92 Å². The van der Waals surface area contributed by atoms with Crippen LogP contribution in [-0.4, -0.2) is 29.1 Å². The number of rotatable bonds is 1. The van der Waals surface area contributed by atoms with Crippen LogP contribution in [0.5, 0.6) is 0 Å². The highest BCUT2D eigenvalue weighted by molar-refractivity contribution is 7.17. The van der Waals surface area contributed by atoms with Gasteiger partial charge in [0.15, 0.2) is 0 Å². The Morgan fingerprint density at radius 2 is 2.35 bits per heavy atom. The van der Waals surface area contributed by atoms with Crippen LogP contribution in [0.25, 0.3) is 10.2 Å². The molecule has 1 aliphatic rings. The Morgan fingerprint density at radius 1 is 1.47 bits per heavy atom. The maximum Gasteiger partial charge on any atom is 0.150 e. The molecule has 5 heteroatoms. The molecule has 0 aromatic carbocycles. The first-order chi connectivity index (χ1) is 8.25. The molecule has 2 unspecified atom stereocenters. The van der Waals surface area contributed by atoms with Crippen molar-refractivity contribution in [2.45, 2.75) is 19.4 Å². The molecule has 2 atom stereocenters. The first kappa shape index (κ1) is 10.9. The lowest BCUT2D eigenvalue weighted by Gasteiger charge is -2.35. The van der Waals surface area contributed by atoms with Crippen LogP contribution in [0.2, 0.25) is 0 Å². The monoisotopic (exact) mass is 248 g/mol. The van der Waals surface area contributed by atoms with E-state index in [0.717, 1.165) is 30.8 Å². The Bertz CT molecular complexity index is 524. The summed E-state index contributed by atoms with van der Waals surface area (Å²) in [6.45, 7) is 4.16. The number of anilines is 1. The lowest BCUT2D eigenvalue weighted by atomic mass is 9.94. The van der Waals surface area contributed by atoms with Gasteiger partial charge in [-0.05, 0) is 23.8 Å². The van der Waals surface area contributed by atoms with E-state index in [1.165, 1.54) is 4.70 Å². The summed E-state index contributed by atoms with van der Waals surface area (Å²) in [7, 11) is 0. The SMILES string of the molecule is CC1CCN(c2ncnc3ccsc23)CC1N. The van der Waals surface area contributed by atoms with Crippen LogP contribution in [0.1, 0.15) is 13.3 Å². The van der Waals surface area contributed by atoms with Gasteiger partial charge in [0.25, 0.3) is 0 Å². The average Bonchev–Trinajstić information content (AvgIpc) is 2.80. The third-order valence-corrected chi connectivity index (χ3v) is 4.44. The summed E-state index contributed by atoms with van der Waals surface area (Å²) >= 11 is 1.70. The number of hydrogen-bond donors (Lipinski definition) is 1. The van der Waals surface area contributed by atoms with Crippen LogP contribution < -0.4 is 10.6 Å². The number of nitrogens with two attached hydrogens (primary N) is 1. The van der Waals surface area contributed by atoms with Gasteiger partial charge in [0.2, 0.25) is 0 Å². The highest BCUT2D eigenvalue weighted by Crippen LogP contribution is 2.30. The molecular formula is C12H16N4S. The molecule has 1 saturated heterocycles. The minimum absolute atomic E-state index is 0.244. The maximum absolute atomic E-state index is 6.14. The average molecular weight is 248 g/mol. The zero-order valence-electron chi connectivity index (χ0n) is 9.84. The van der Waals surface area contributed by atoms with E-state index in [1.54, 1.807) is 17.7 Å². The molecule has 1 aliphatic heterocycles. The molecule has 17 heavy (non-hydrogen) atoms. The first-order valence-electron chi connectivity index (χ1n) is 5.94. The topological polar surface area (TPSA) is 55.0 Å². The molecular weight excluding hydrogens is 232 g/mol. The summed E-state index contributed by atoms with van der Waals surface area (Å²) in [5.41, 5.74) is 7.18. The molecule has 4 nitrogen and oxygen atoms in total. The van der Waals surface area contributed by atoms with E-state index in [0.29, 0.717) is 5.92 Å². The fourth-order valence-electron chi connectivity index (χ4n) is 2.29. The van der Waals surface area contributed by atoms with Gasteiger partial charge in [-0.25, -0.2) is 9.97 Å². The van der Waals surface area contributed by atoms with Crippen molar-refractivity contribution in [2.24, 2.45) is 11.7 Å². The van der Waals surface area contributed by atoms with Gasteiger partial charge in [-0.1, -0.05) is 6.92 Å². The molecule has 3 heterocycles. The fourth-order valence-corrected chi connectivity index (χ4v) is 3.15. The van der Waals surface area contributed by atoms with E-state index in [2.05, 4.69) is 27.2 Å². The Labute approximate surface area is 104 Å². The number of aromatic nitrogens is 2. The third-order valence-electron chi connectivity index (χ3n) is 3.54. The summed E-state index contributed by atoms with van der Waals surface area (Å²) in [4.78, 5) is 11.0. The predicted octanol–water partition coefficient (Wildman–Crippen LogP) is 1.86. The summed E-state index contributed by atoms with van der Waals surface area (Å²) in [6.07, 6.45) is 2.78. The maximum atomic E-state index is 6.14. The van der Waals surface area contributed by atoms with Crippen LogP contribution in [0.15, 0.2) is 17.8 Å². The van der Waals surface area contributed by atoms with Crippen LogP contribution in [0.3, 0.4) is 0 Å². The molecule has 0 bridgehead atoms. The molecule has 90 valence electrons. The number of fused-ring (bicyclic) bond motifs is 1. The molecule has 0 spiro atoms. The minimum atomic E-state index is 0.244. The van der Waals surface area contributed by atoms with Crippen LogP contribution >= 0.6 is 11.3 Å². The molecule has 2 aromatic rings. The van der Waals surface area contributed by atoms with Crippen molar-refractivity contribution in [3.8, 4) is 0 Å². The van der Waals surface area contributed by atoms with Crippen molar-refractivity contribution in [1.82, 2.24) is 9.97 Å². The molecule has 3 rings (SSSR count). The normalized spacial score (nSPS) is 25.4. The summed E-state index contributed by atoms with van der Waals surface area (Å²) < 4.78 is 1.18. The van der Waals surface area contributed by atoms with E-state index in [1.807, 2.05) is 6.07 Å². The van der Waals surface area contributed by atoms with Gasteiger partial charge in [0, 0.05) is 19.1 Å². The van der Waals surface area contributed by atoms with Crippen molar-refractivity contribution in [2.75, 3.05) is 18.0 Å². The van der Waals surface area contributed by atoms with Crippen molar-refractivity contribution >= 4 is 27.4 Å². The van der Waals surface area contributed by atoms with Gasteiger partial charge < -0.3 is 10.6 Å². The van der Waals surface area contributed by atoms with E-state index in [4.69, 9.17) is 5.73 Å². The molecule has 2 aromatic heterocycles. The van der Waals surface area contributed by atoms with Crippen LogP contribution in [0.4, 0.5) is 5.82 Å². The molecule has 0 aliphatic carbocycles. The van der Waals surface area contributed by atoms with Crippen molar-refractivity contribution in [1.29, 1.82) is 0 Å². The van der Waals surface area contributed by atoms with Gasteiger partial charge >= 0.3 is 0 Å². The quantitative estimate of drug-likeness (QED) is 0.837. The number of piperidine rings is 1. The van der Waals surface area contributed by atoms with E-state index >= 15 is 0 Å². The summed E-state index contributed by atoms with van der Waals surface area (Å²) in [5.74, 6) is 1.65. The van der Waals surface area contributed by atoms with E-state index < -0.39 is 0 Å². The second kappa shape index (κ2) is 4.23. The molecule has 0 saturated carbocycles. The molecule has 1 fully saturated rings. The van der Waals surface area contributed by atoms with Crippen molar-refractivity contribution in [3.05, 3.63) is 17.8 Å². The summed E-state index contributed by atoms with van der Waals surface area (Å²) in [5, 5.41) is 2.06. The smallest absolute Gasteiger partial charge is 0.150 e. The summed E-state index contributed by atoms with van der Waals surface area (Å²) in [6, 6.07) is 2.28. The van der Waals surface area contributed by atoms with Gasteiger partial charge in [-0.3, -0.25) is 0 Å². The fraction of sp³-hybridized carbons (Fsp3) is 0.500. The van der Waals surface area contributed by atoms with Crippen molar-refractivity contribution < 1.29 is 0 Å². The zero-order valence-corrected chi connectivity index (χ0v) is 10.7. The minimum Gasteiger partial charge on any atom is -0.354 e. The Balaban J connectivity index is 1.96. The Kier molecular flexibility index (Phi) is 2.72. The second-order valence-corrected chi connectivity index (χ2v) is 5.62. The number of thiophene rings is 1. The largest absolute Gasteiger partial charge is 0.354 e. The van der Waals surface area contributed by atoms with Crippen molar-refractivity contribution in [3.63, 3.8) is 0 Å². The number of hydrogen-bond acceptors (Lipinski definition) is 5. The standard InChI is InChI=1S/C12H16N4S/c1-8-2-4-16(6-9(8)13)12-11-10(3-5-17-11)14-7-15-12/h3,5,7-9H,2,4,6,13H2,1H3. The first-order valence-corrected chi connectivity index (χ1v) is 6.82. The molecule has 2 N–H and O–H groups in total. The lowest BCUT2D eigenvalue weighted by molar-refractivity contribution is 0.378. The van der Waals surface area contributed by atoms with Gasteiger partial charge in [0.05, 0.1) is 10.2 Å². The predicted molar refractivity (Wildman–Crippen MR) is 71.4 cm³/mol. The second-order valence-electron chi connectivity index (χ2n) is 4.71. The lowest BCUT2D eigenvalue weighted by Crippen LogP contribution is -2.47. The highest BCUT2D eigenvalue weighted by Gasteiger charge is 2.25. The Morgan fingerprint density at radius 3 is 3.18 bits per heavy atom. The number of nitrogens with zero attached hydrogens (tertiary/aromatic N) is 3. The zero-order chi connectivity index (χ0) is 11.8. The van der Waals surface area contributed by atoms with E-state index in [9.17, 15) is 0 Å². The van der Waals surface area contributed by atoms with Gasteiger partial charge in [0.1, 0.15) is 12.1 Å². The van der Waals surface area contributed by atoms with E-state index in [-0.39, 0.29) is 6.04 Å². The Hall–Kier alpha value is -1.20. The molecule has 0 amide bonds. The third kappa shape index (κ3) is 1.89. The van der Waals surface area contributed by atoms with Crippen LogP contribution in [-0.2, 0) is 0 Å². The molecule has 0 radical (unpaired) electrons. The highest BCUT2D eigenvalue weighted by atomic mass is 32.1. The van der Waals surface area contributed by atoms with Gasteiger partial charge in [-0.2, -0.15) is 0 Å².